The lowest BCUT2D eigenvalue weighted by molar-refractivity contribution is 1.19. The summed E-state index contributed by atoms with van der Waals surface area (Å²) in [5.74, 6) is 0. The van der Waals surface area contributed by atoms with E-state index in [-0.39, 0.29) is 0 Å². The quantitative estimate of drug-likeness (QED) is 0.462. The zero-order chi connectivity index (χ0) is 8.10. The molecular weight excluding hydrogens is 152 g/mol. The van der Waals surface area contributed by atoms with Crippen LogP contribution in [0.5, 0.6) is 0 Å². The molecule has 0 heterocycles. The number of nitriles is 1. The van der Waals surface area contributed by atoms with Gasteiger partial charge in [-0.25, -0.2) is 0 Å². The van der Waals surface area contributed by atoms with Gasteiger partial charge in [0.25, 0.3) is 0 Å². The lowest BCUT2D eigenvalue weighted by atomic mass is 10.3. The zero-order valence-electron chi connectivity index (χ0n) is 6.49. The number of hydrogen-bond donors (Lipinski definition) is 0. The number of benzene rings is 1. The summed E-state index contributed by atoms with van der Waals surface area (Å²) in [6.07, 6.45) is 0. The fourth-order valence-corrected chi connectivity index (χ4v) is 1.32. The van der Waals surface area contributed by atoms with Gasteiger partial charge in [-0.3, -0.25) is 0 Å². The fourth-order valence-electron chi connectivity index (χ4n) is 0.880. The Balaban J connectivity index is 2.70. The van der Waals surface area contributed by atoms with E-state index in [2.05, 4.69) is 6.07 Å². The molecule has 0 bridgehead atoms. The summed E-state index contributed by atoms with van der Waals surface area (Å²) in [6.45, 7) is 0.496. The summed E-state index contributed by atoms with van der Waals surface area (Å²) in [7, 11) is 0.897. The normalized spacial score (nSPS) is 9.00. The van der Waals surface area contributed by atoms with E-state index in [1.165, 1.54) is 0 Å². The molecule has 1 aromatic carbocycles. The predicted octanol–water partition coefficient (Wildman–Crippen LogP) is 0.297. The van der Waals surface area contributed by atoms with Gasteiger partial charge in [0.2, 0.25) is 0 Å². The molecule has 0 N–H and O–H groups in total. The maximum absolute atomic E-state index is 8.43. The molecule has 0 aliphatic rings. The number of nitrogens with zero attached hydrogens (tertiary/aromatic N) is 2. The summed E-state index contributed by atoms with van der Waals surface area (Å²) in [6, 6.07) is 12.1. The molecule has 0 aliphatic carbocycles. The van der Waals surface area contributed by atoms with Gasteiger partial charge in [0.05, 0.1) is 12.6 Å². The molecule has 0 amide bonds. The smallest absolute Gasteiger partial charge is 0.109 e. The van der Waals surface area contributed by atoms with Crippen molar-refractivity contribution >= 4 is 16.1 Å². The van der Waals surface area contributed by atoms with Crippen molar-refractivity contribution in [3.05, 3.63) is 30.3 Å². The van der Waals surface area contributed by atoms with Gasteiger partial charge in [0.1, 0.15) is 10.4 Å². The van der Waals surface area contributed by atoms with Crippen molar-refractivity contribution in [1.82, 2.24) is 0 Å². The molecule has 0 fully saturated rings. The molecule has 0 unspecified atom stereocenters. The molecule has 0 atom stereocenters. The second kappa shape index (κ2) is 3.79. The highest BCUT2D eigenvalue weighted by molar-refractivity contribution is 6.17. The topological polar surface area (TPSA) is 27.0 Å². The average molecular weight is 162 g/mol. The van der Waals surface area contributed by atoms with E-state index < -0.39 is 0 Å². The predicted molar refractivity (Wildman–Crippen MR) is 49.3 cm³/mol. The molecule has 0 aliphatic heterocycles. The van der Waals surface area contributed by atoms with Crippen LogP contribution in [0.4, 0.5) is 5.69 Å². The van der Waals surface area contributed by atoms with Crippen LogP contribution in [0.3, 0.4) is 0 Å². The second-order valence-corrected chi connectivity index (χ2v) is 3.43. The van der Waals surface area contributed by atoms with Gasteiger partial charge in [-0.15, -0.1) is 0 Å². The second-order valence-electron chi connectivity index (χ2n) is 2.35. The first kappa shape index (κ1) is 7.83. The number of anilines is 1. The lowest BCUT2D eigenvalue weighted by Crippen LogP contribution is -2.18. The Morgan fingerprint density at radius 1 is 1.36 bits per heavy atom. The molecule has 2 nitrogen and oxygen atoms in total. The largest absolute Gasteiger partial charge is 0.394 e. The maximum atomic E-state index is 8.43. The average Bonchev–Trinajstić information content (AvgIpc) is 2.07. The van der Waals surface area contributed by atoms with Gasteiger partial charge >= 0.3 is 0 Å². The number of rotatable bonds is 2. The summed E-state index contributed by atoms with van der Waals surface area (Å²) in [5.41, 5.74) is 1.14. The molecule has 0 saturated carbocycles. The Morgan fingerprint density at radius 2 is 2.00 bits per heavy atom. The van der Waals surface area contributed by atoms with Crippen molar-refractivity contribution in [2.24, 2.45) is 0 Å². The molecular formula is C8H10N2Si. The van der Waals surface area contributed by atoms with Gasteiger partial charge in [0.15, 0.2) is 0 Å². The van der Waals surface area contributed by atoms with E-state index in [1.807, 2.05) is 34.9 Å². The fraction of sp³-hybridized carbons (Fsp3) is 0.125. The molecule has 0 aromatic heterocycles. The highest BCUT2D eigenvalue weighted by Crippen LogP contribution is 2.08. The summed E-state index contributed by atoms with van der Waals surface area (Å²) in [5, 5.41) is 8.43. The Morgan fingerprint density at radius 3 is 2.55 bits per heavy atom. The van der Waals surface area contributed by atoms with Crippen LogP contribution >= 0.6 is 0 Å². The van der Waals surface area contributed by atoms with Gasteiger partial charge < -0.3 is 4.57 Å². The van der Waals surface area contributed by atoms with Crippen molar-refractivity contribution in [2.75, 3.05) is 11.1 Å². The van der Waals surface area contributed by atoms with E-state index >= 15 is 0 Å². The van der Waals surface area contributed by atoms with Gasteiger partial charge in [-0.2, -0.15) is 5.26 Å². The Labute approximate surface area is 69.6 Å². The summed E-state index contributed by atoms with van der Waals surface area (Å²) >= 11 is 0. The first-order chi connectivity index (χ1) is 5.34. The molecule has 11 heavy (non-hydrogen) atoms. The van der Waals surface area contributed by atoms with Crippen LogP contribution in [-0.2, 0) is 0 Å². The Bertz CT molecular complexity index is 253. The minimum Gasteiger partial charge on any atom is -0.394 e. The molecule has 0 radical (unpaired) electrons. The zero-order valence-corrected chi connectivity index (χ0v) is 8.49. The van der Waals surface area contributed by atoms with Crippen LogP contribution < -0.4 is 4.57 Å². The van der Waals surface area contributed by atoms with Gasteiger partial charge in [-0.05, 0) is 12.1 Å². The minimum atomic E-state index is 0.496. The van der Waals surface area contributed by atoms with E-state index in [9.17, 15) is 0 Å². The molecule has 1 aromatic rings. The Kier molecular flexibility index (Phi) is 2.70. The highest BCUT2D eigenvalue weighted by atomic mass is 28.2. The SMILES string of the molecule is N#CCN([SiH3])c1ccccc1. The van der Waals surface area contributed by atoms with Crippen molar-refractivity contribution in [3.8, 4) is 6.07 Å². The van der Waals surface area contributed by atoms with Crippen LogP contribution in [0.25, 0.3) is 0 Å². The molecule has 3 heteroatoms. The van der Waals surface area contributed by atoms with Crippen LogP contribution in [-0.4, -0.2) is 16.9 Å². The van der Waals surface area contributed by atoms with Crippen molar-refractivity contribution < 1.29 is 0 Å². The van der Waals surface area contributed by atoms with E-state index in [0.717, 1.165) is 16.1 Å². The first-order valence-electron chi connectivity index (χ1n) is 3.47. The minimum absolute atomic E-state index is 0.496. The third kappa shape index (κ3) is 2.10. The van der Waals surface area contributed by atoms with Crippen LogP contribution in [0, 0.1) is 11.3 Å². The lowest BCUT2D eigenvalue weighted by Gasteiger charge is -2.14. The van der Waals surface area contributed by atoms with Gasteiger partial charge in [0, 0.05) is 5.69 Å². The number of hydrogen-bond acceptors (Lipinski definition) is 2. The van der Waals surface area contributed by atoms with Crippen LogP contribution in [0.1, 0.15) is 0 Å². The molecule has 0 saturated heterocycles. The first-order valence-corrected chi connectivity index (χ1v) is 4.37. The van der Waals surface area contributed by atoms with Gasteiger partial charge in [-0.1, -0.05) is 18.2 Å². The van der Waals surface area contributed by atoms with Crippen molar-refractivity contribution in [2.45, 2.75) is 0 Å². The summed E-state index contributed by atoms with van der Waals surface area (Å²) < 4.78 is 2.04. The summed E-state index contributed by atoms with van der Waals surface area (Å²) in [4.78, 5) is 0. The van der Waals surface area contributed by atoms with Crippen LogP contribution in [0.2, 0.25) is 0 Å². The standard InChI is InChI=1S/C8H10N2Si/c9-6-7-10(11)8-4-2-1-3-5-8/h1-5H,7H2,11H3. The molecule has 56 valence electrons. The van der Waals surface area contributed by atoms with E-state index in [0.29, 0.717) is 6.54 Å². The van der Waals surface area contributed by atoms with Crippen molar-refractivity contribution in [1.29, 1.82) is 5.26 Å². The third-order valence-electron chi connectivity index (χ3n) is 1.50. The Hall–Kier alpha value is -1.27. The molecule has 0 spiro atoms. The van der Waals surface area contributed by atoms with E-state index in [4.69, 9.17) is 5.26 Å². The molecule has 1 rings (SSSR count). The maximum Gasteiger partial charge on any atom is 0.109 e. The monoisotopic (exact) mass is 162 g/mol. The van der Waals surface area contributed by atoms with Crippen LogP contribution in [0.15, 0.2) is 30.3 Å². The van der Waals surface area contributed by atoms with E-state index in [1.54, 1.807) is 0 Å². The van der Waals surface area contributed by atoms with Crippen molar-refractivity contribution in [3.63, 3.8) is 0 Å². The third-order valence-corrected chi connectivity index (χ3v) is 2.34. The number of para-hydroxylation sites is 1. The highest BCUT2D eigenvalue weighted by Gasteiger charge is 1.95.